The Bertz CT molecular complexity index is 612. The lowest BCUT2D eigenvalue weighted by Gasteiger charge is -2.22. The molecule has 9 heteroatoms. The molecule has 1 aromatic heterocycles. The molecular formula is C14H27N5O2S2. The second-order valence-corrected chi connectivity index (χ2v) is 8.69. The highest BCUT2D eigenvalue weighted by atomic mass is 32.2. The van der Waals surface area contributed by atoms with Crippen LogP contribution in [0.25, 0.3) is 0 Å². The number of aromatic nitrogens is 1. The van der Waals surface area contributed by atoms with E-state index in [1.165, 1.54) is 4.31 Å². The average Bonchev–Trinajstić information content (AvgIpc) is 2.91. The molecule has 7 nitrogen and oxygen atoms in total. The lowest BCUT2D eigenvalue weighted by atomic mass is 10.4. The Kier molecular flexibility index (Phi) is 7.93. The molecule has 0 aliphatic heterocycles. The van der Waals surface area contributed by atoms with Gasteiger partial charge in [-0.1, -0.05) is 0 Å². The van der Waals surface area contributed by atoms with E-state index in [1.54, 1.807) is 32.4 Å². The van der Waals surface area contributed by atoms with E-state index in [0.717, 1.165) is 23.1 Å². The number of thiazole rings is 1. The minimum atomic E-state index is -3.10. The van der Waals surface area contributed by atoms with Crippen LogP contribution in [0.4, 0.5) is 0 Å². The monoisotopic (exact) mass is 361 g/mol. The molecule has 23 heavy (non-hydrogen) atoms. The van der Waals surface area contributed by atoms with Gasteiger partial charge in [-0.05, 0) is 20.3 Å². The van der Waals surface area contributed by atoms with Crippen LogP contribution in [-0.2, 0) is 16.6 Å². The number of nitrogens with one attached hydrogen (secondary N) is 1. The predicted octanol–water partition coefficient (Wildman–Crippen LogP) is 1.13. The molecule has 0 spiro atoms. The number of sulfonamides is 1. The third-order valence-electron chi connectivity index (χ3n) is 3.41. The Morgan fingerprint density at radius 2 is 2.13 bits per heavy atom. The number of aliphatic imine (C=N–C) groups is 1. The Morgan fingerprint density at radius 3 is 2.65 bits per heavy atom. The smallest absolute Gasteiger partial charge is 0.213 e. The summed E-state index contributed by atoms with van der Waals surface area (Å²) in [4.78, 5) is 10.7. The zero-order chi connectivity index (χ0) is 17.5. The van der Waals surface area contributed by atoms with E-state index in [0.29, 0.717) is 19.6 Å². The highest BCUT2D eigenvalue weighted by molar-refractivity contribution is 7.89. The molecule has 1 rings (SSSR count). The molecule has 0 radical (unpaired) electrons. The van der Waals surface area contributed by atoms with Crippen molar-refractivity contribution in [2.75, 3.05) is 40.0 Å². The maximum atomic E-state index is 11.7. The van der Waals surface area contributed by atoms with E-state index >= 15 is 0 Å². The first kappa shape index (κ1) is 19.9. The van der Waals surface area contributed by atoms with Gasteiger partial charge in [0, 0.05) is 39.6 Å². The van der Waals surface area contributed by atoms with Crippen LogP contribution in [-0.4, -0.2) is 68.6 Å². The molecule has 1 N–H and O–H groups in total. The summed E-state index contributed by atoms with van der Waals surface area (Å²) >= 11 is 1.63. The number of nitrogens with zero attached hydrogens (tertiary/aromatic N) is 4. The third kappa shape index (κ3) is 6.44. The number of hydrogen-bond acceptors (Lipinski definition) is 5. The molecule has 0 aromatic carbocycles. The lowest BCUT2D eigenvalue weighted by molar-refractivity contribution is 0.448. The first-order valence-corrected chi connectivity index (χ1v) is 10.1. The summed E-state index contributed by atoms with van der Waals surface area (Å²) in [5.74, 6) is 0.908. The maximum Gasteiger partial charge on any atom is 0.213 e. The molecule has 0 aliphatic carbocycles. The van der Waals surface area contributed by atoms with E-state index in [2.05, 4.69) is 15.3 Å². The average molecular weight is 362 g/mol. The lowest BCUT2D eigenvalue weighted by Crippen LogP contribution is -2.40. The molecule has 0 amide bonds. The van der Waals surface area contributed by atoms with Crippen LogP contribution in [0.1, 0.15) is 24.0 Å². The fraction of sp³-hybridized carbons (Fsp3) is 0.714. The van der Waals surface area contributed by atoms with Crippen molar-refractivity contribution >= 4 is 27.3 Å². The zero-order valence-electron chi connectivity index (χ0n) is 14.5. The second kappa shape index (κ2) is 9.19. The van der Waals surface area contributed by atoms with Gasteiger partial charge in [0.05, 0.1) is 23.0 Å². The summed E-state index contributed by atoms with van der Waals surface area (Å²) in [6.45, 7) is 5.49. The molecule has 0 saturated heterocycles. The molecule has 0 saturated carbocycles. The van der Waals surface area contributed by atoms with Crippen molar-refractivity contribution in [1.29, 1.82) is 0 Å². The van der Waals surface area contributed by atoms with Gasteiger partial charge in [0.2, 0.25) is 10.0 Å². The Morgan fingerprint density at radius 1 is 1.43 bits per heavy atom. The molecule has 0 unspecified atom stereocenters. The van der Waals surface area contributed by atoms with E-state index in [4.69, 9.17) is 0 Å². The molecule has 1 aromatic rings. The van der Waals surface area contributed by atoms with Crippen LogP contribution < -0.4 is 5.32 Å². The van der Waals surface area contributed by atoms with E-state index in [9.17, 15) is 8.42 Å². The summed E-state index contributed by atoms with van der Waals surface area (Å²) in [6, 6.07) is 0. The normalized spacial score (nSPS) is 12.7. The van der Waals surface area contributed by atoms with Gasteiger partial charge < -0.3 is 10.2 Å². The highest BCUT2D eigenvalue weighted by Crippen LogP contribution is 2.09. The summed E-state index contributed by atoms with van der Waals surface area (Å²) in [6.07, 6.45) is 0.721. The quantitative estimate of drug-likeness (QED) is 0.427. The van der Waals surface area contributed by atoms with Crippen molar-refractivity contribution in [3.8, 4) is 0 Å². The topological polar surface area (TPSA) is 77.9 Å². The van der Waals surface area contributed by atoms with Crippen molar-refractivity contribution < 1.29 is 8.42 Å². The van der Waals surface area contributed by atoms with Gasteiger partial charge in [-0.15, -0.1) is 11.3 Å². The Balaban J connectivity index is 2.39. The van der Waals surface area contributed by atoms with E-state index in [1.807, 2.05) is 24.3 Å². The van der Waals surface area contributed by atoms with Crippen molar-refractivity contribution in [3.05, 3.63) is 16.1 Å². The molecular weight excluding hydrogens is 334 g/mol. The number of guanidine groups is 1. The van der Waals surface area contributed by atoms with E-state index in [-0.39, 0.29) is 5.75 Å². The Hall–Kier alpha value is -1.19. The van der Waals surface area contributed by atoms with Crippen LogP contribution >= 0.6 is 11.3 Å². The van der Waals surface area contributed by atoms with Crippen LogP contribution in [0, 0.1) is 6.92 Å². The SMILES string of the molecule is CCS(=O)(=O)N(C)CCCNC(=NC)N(C)Cc1csc(C)n1. The van der Waals surface area contributed by atoms with Crippen LogP contribution in [0.3, 0.4) is 0 Å². The maximum absolute atomic E-state index is 11.7. The second-order valence-electron chi connectivity index (χ2n) is 5.26. The van der Waals surface area contributed by atoms with Gasteiger partial charge in [-0.3, -0.25) is 4.99 Å². The third-order valence-corrected chi connectivity index (χ3v) is 6.10. The molecule has 0 aliphatic rings. The minimum Gasteiger partial charge on any atom is -0.356 e. The molecule has 1 heterocycles. The number of aryl methyl sites for hydroxylation is 1. The molecule has 0 fully saturated rings. The van der Waals surface area contributed by atoms with Gasteiger partial charge in [0.25, 0.3) is 0 Å². The zero-order valence-corrected chi connectivity index (χ0v) is 16.2. The number of hydrogen-bond donors (Lipinski definition) is 1. The first-order valence-electron chi connectivity index (χ1n) is 7.57. The predicted molar refractivity (Wildman–Crippen MR) is 96.4 cm³/mol. The van der Waals surface area contributed by atoms with Crippen molar-refractivity contribution in [3.63, 3.8) is 0 Å². The van der Waals surface area contributed by atoms with Gasteiger partial charge in [0.1, 0.15) is 0 Å². The summed E-state index contributed by atoms with van der Waals surface area (Å²) < 4.78 is 24.7. The van der Waals surface area contributed by atoms with Crippen LogP contribution in [0.2, 0.25) is 0 Å². The van der Waals surface area contributed by atoms with Crippen molar-refractivity contribution in [2.24, 2.45) is 4.99 Å². The molecule has 0 atom stereocenters. The number of rotatable bonds is 8. The van der Waals surface area contributed by atoms with Gasteiger partial charge in [-0.2, -0.15) is 0 Å². The minimum absolute atomic E-state index is 0.133. The highest BCUT2D eigenvalue weighted by Gasteiger charge is 2.14. The molecule has 0 bridgehead atoms. The van der Waals surface area contributed by atoms with Crippen LogP contribution in [0.15, 0.2) is 10.4 Å². The fourth-order valence-electron chi connectivity index (χ4n) is 2.04. The first-order chi connectivity index (χ1) is 10.8. The summed E-state index contributed by atoms with van der Waals surface area (Å²) in [5, 5.41) is 6.35. The standard InChI is InChI=1S/C14H27N5O2S2/c1-6-23(20,21)19(5)9-7-8-16-14(15-3)18(4)10-13-11-22-12(2)17-13/h11H,6-10H2,1-5H3,(H,15,16). The summed E-state index contributed by atoms with van der Waals surface area (Å²) in [5.41, 5.74) is 1.02. The van der Waals surface area contributed by atoms with Crippen molar-refractivity contribution in [2.45, 2.75) is 26.8 Å². The van der Waals surface area contributed by atoms with E-state index < -0.39 is 10.0 Å². The molecule has 132 valence electrons. The van der Waals surface area contributed by atoms with Crippen LogP contribution in [0.5, 0.6) is 0 Å². The van der Waals surface area contributed by atoms with Gasteiger partial charge >= 0.3 is 0 Å². The van der Waals surface area contributed by atoms with Crippen molar-refractivity contribution in [1.82, 2.24) is 19.5 Å². The Labute approximate surface area is 143 Å². The summed E-state index contributed by atoms with van der Waals surface area (Å²) in [7, 11) is 2.20. The fourth-order valence-corrected chi connectivity index (χ4v) is 3.50. The van der Waals surface area contributed by atoms with Gasteiger partial charge in [-0.25, -0.2) is 17.7 Å². The largest absolute Gasteiger partial charge is 0.356 e. The van der Waals surface area contributed by atoms with Gasteiger partial charge in [0.15, 0.2) is 5.96 Å².